The Morgan fingerprint density at radius 3 is 2.65 bits per heavy atom. The standard InChI is InChI=1S/C16H23N3O/c1-3-10-17-13-14-4-6-16(7-5-14)20-12-9-15-8-11-18-19(15)2/h4-8,11,17H,3,9-10,12-13H2,1-2H3. The van der Waals surface area contributed by atoms with E-state index in [-0.39, 0.29) is 0 Å². The first-order valence-electron chi connectivity index (χ1n) is 7.19. The van der Waals surface area contributed by atoms with Gasteiger partial charge in [0.25, 0.3) is 0 Å². The predicted octanol–water partition coefficient (Wildman–Crippen LogP) is 2.54. The Morgan fingerprint density at radius 2 is 2.00 bits per heavy atom. The third-order valence-electron chi connectivity index (χ3n) is 3.23. The molecule has 1 aromatic carbocycles. The molecule has 0 aliphatic carbocycles. The molecule has 0 aliphatic heterocycles. The van der Waals surface area contributed by atoms with Crippen LogP contribution in [0, 0.1) is 0 Å². The van der Waals surface area contributed by atoms with Gasteiger partial charge in [-0.1, -0.05) is 19.1 Å². The molecule has 1 heterocycles. The lowest BCUT2D eigenvalue weighted by Gasteiger charge is -2.08. The lowest BCUT2D eigenvalue weighted by atomic mass is 10.2. The van der Waals surface area contributed by atoms with E-state index in [1.54, 1.807) is 0 Å². The number of nitrogens with zero attached hydrogens (tertiary/aromatic N) is 2. The van der Waals surface area contributed by atoms with E-state index < -0.39 is 0 Å². The average Bonchev–Trinajstić information content (AvgIpc) is 2.87. The van der Waals surface area contributed by atoms with E-state index in [4.69, 9.17) is 4.74 Å². The summed E-state index contributed by atoms with van der Waals surface area (Å²) >= 11 is 0. The van der Waals surface area contributed by atoms with Crippen LogP contribution in [0.25, 0.3) is 0 Å². The maximum Gasteiger partial charge on any atom is 0.119 e. The third-order valence-corrected chi connectivity index (χ3v) is 3.23. The second kappa shape index (κ2) is 7.70. The van der Waals surface area contributed by atoms with Crippen molar-refractivity contribution in [1.82, 2.24) is 15.1 Å². The summed E-state index contributed by atoms with van der Waals surface area (Å²) in [5, 5.41) is 7.53. The van der Waals surface area contributed by atoms with E-state index in [2.05, 4.69) is 29.5 Å². The highest BCUT2D eigenvalue weighted by Crippen LogP contribution is 2.12. The Bertz CT molecular complexity index is 505. The minimum absolute atomic E-state index is 0.674. The zero-order valence-electron chi connectivity index (χ0n) is 12.3. The van der Waals surface area contributed by atoms with E-state index in [0.29, 0.717) is 6.61 Å². The molecule has 1 N–H and O–H groups in total. The van der Waals surface area contributed by atoms with Crippen molar-refractivity contribution in [3.8, 4) is 5.75 Å². The van der Waals surface area contributed by atoms with E-state index in [0.717, 1.165) is 31.7 Å². The van der Waals surface area contributed by atoms with E-state index in [1.807, 2.05) is 36.1 Å². The first-order chi connectivity index (χ1) is 9.79. The van der Waals surface area contributed by atoms with Crippen molar-refractivity contribution in [1.29, 1.82) is 0 Å². The summed E-state index contributed by atoms with van der Waals surface area (Å²) in [6.45, 7) is 4.82. The molecule has 4 heteroatoms. The van der Waals surface area contributed by atoms with Gasteiger partial charge in [0, 0.05) is 31.9 Å². The molecular formula is C16H23N3O. The number of aryl methyl sites for hydroxylation is 1. The normalized spacial score (nSPS) is 10.7. The summed E-state index contributed by atoms with van der Waals surface area (Å²) in [5.41, 5.74) is 2.47. The second-order valence-electron chi connectivity index (χ2n) is 4.87. The number of ether oxygens (including phenoxy) is 1. The van der Waals surface area contributed by atoms with Crippen LogP contribution in [-0.4, -0.2) is 22.9 Å². The van der Waals surface area contributed by atoms with Crippen LogP contribution in [0.2, 0.25) is 0 Å². The molecule has 0 bridgehead atoms. The summed E-state index contributed by atoms with van der Waals surface area (Å²) in [4.78, 5) is 0. The van der Waals surface area contributed by atoms with Crippen molar-refractivity contribution in [2.24, 2.45) is 7.05 Å². The first kappa shape index (κ1) is 14.6. The highest BCUT2D eigenvalue weighted by molar-refractivity contribution is 5.27. The van der Waals surface area contributed by atoms with Crippen LogP contribution in [-0.2, 0) is 20.0 Å². The molecule has 4 nitrogen and oxygen atoms in total. The van der Waals surface area contributed by atoms with Gasteiger partial charge in [-0.25, -0.2) is 0 Å². The highest BCUT2D eigenvalue weighted by Gasteiger charge is 2.00. The molecule has 0 saturated heterocycles. The number of hydrogen-bond acceptors (Lipinski definition) is 3. The summed E-state index contributed by atoms with van der Waals surface area (Å²) < 4.78 is 7.63. The van der Waals surface area contributed by atoms with Crippen molar-refractivity contribution >= 4 is 0 Å². The predicted molar refractivity (Wildman–Crippen MR) is 80.8 cm³/mol. The molecule has 0 radical (unpaired) electrons. The molecule has 108 valence electrons. The van der Waals surface area contributed by atoms with E-state index in [1.165, 1.54) is 11.3 Å². The van der Waals surface area contributed by atoms with Crippen molar-refractivity contribution in [2.75, 3.05) is 13.2 Å². The summed E-state index contributed by atoms with van der Waals surface area (Å²) in [5.74, 6) is 0.923. The molecule has 0 atom stereocenters. The molecule has 2 rings (SSSR count). The Hall–Kier alpha value is -1.81. The molecule has 0 spiro atoms. The largest absolute Gasteiger partial charge is 0.493 e. The van der Waals surface area contributed by atoms with Gasteiger partial charge in [0.2, 0.25) is 0 Å². The molecular weight excluding hydrogens is 250 g/mol. The second-order valence-corrected chi connectivity index (χ2v) is 4.87. The maximum atomic E-state index is 5.75. The van der Waals surface area contributed by atoms with Gasteiger partial charge in [-0.2, -0.15) is 5.10 Å². The molecule has 2 aromatic rings. The fourth-order valence-corrected chi connectivity index (χ4v) is 2.03. The van der Waals surface area contributed by atoms with E-state index >= 15 is 0 Å². The van der Waals surface area contributed by atoms with Crippen molar-refractivity contribution in [2.45, 2.75) is 26.3 Å². The molecule has 0 fully saturated rings. The van der Waals surface area contributed by atoms with Crippen LogP contribution < -0.4 is 10.1 Å². The van der Waals surface area contributed by atoms with Crippen LogP contribution in [0.4, 0.5) is 0 Å². The monoisotopic (exact) mass is 273 g/mol. The Labute approximate surface area is 120 Å². The van der Waals surface area contributed by atoms with Gasteiger partial charge in [0.15, 0.2) is 0 Å². The Kier molecular flexibility index (Phi) is 5.62. The minimum Gasteiger partial charge on any atom is -0.493 e. The summed E-state index contributed by atoms with van der Waals surface area (Å²) in [7, 11) is 1.95. The molecule has 20 heavy (non-hydrogen) atoms. The van der Waals surface area contributed by atoms with Crippen molar-refractivity contribution in [3.05, 3.63) is 47.8 Å². The molecule has 0 saturated carbocycles. The van der Waals surface area contributed by atoms with Gasteiger partial charge in [-0.05, 0) is 36.7 Å². The van der Waals surface area contributed by atoms with Gasteiger partial charge in [-0.15, -0.1) is 0 Å². The minimum atomic E-state index is 0.674. The van der Waals surface area contributed by atoms with E-state index in [9.17, 15) is 0 Å². The Morgan fingerprint density at radius 1 is 1.20 bits per heavy atom. The number of hydrogen-bond donors (Lipinski definition) is 1. The van der Waals surface area contributed by atoms with Gasteiger partial charge in [0.05, 0.1) is 6.61 Å². The number of nitrogens with one attached hydrogen (secondary N) is 1. The molecule has 1 aromatic heterocycles. The van der Waals surface area contributed by atoms with Crippen LogP contribution in [0.1, 0.15) is 24.6 Å². The smallest absolute Gasteiger partial charge is 0.119 e. The number of aromatic nitrogens is 2. The maximum absolute atomic E-state index is 5.75. The zero-order chi connectivity index (χ0) is 14.2. The lowest BCUT2D eigenvalue weighted by Crippen LogP contribution is -2.13. The third kappa shape index (κ3) is 4.38. The topological polar surface area (TPSA) is 39.1 Å². The quantitative estimate of drug-likeness (QED) is 0.751. The Balaban J connectivity index is 1.74. The fourth-order valence-electron chi connectivity index (χ4n) is 2.03. The summed E-state index contributed by atoms with van der Waals surface area (Å²) in [6.07, 6.45) is 3.85. The van der Waals surface area contributed by atoms with Gasteiger partial charge in [-0.3, -0.25) is 4.68 Å². The summed E-state index contributed by atoms with van der Waals surface area (Å²) in [6, 6.07) is 10.3. The van der Waals surface area contributed by atoms with Crippen LogP contribution in [0.5, 0.6) is 5.75 Å². The molecule has 0 unspecified atom stereocenters. The number of rotatable bonds is 8. The zero-order valence-corrected chi connectivity index (χ0v) is 12.3. The van der Waals surface area contributed by atoms with Gasteiger partial charge >= 0.3 is 0 Å². The molecule has 0 amide bonds. The van der Waals surface area contributed by atoms with Gasteiger partial charge in [0.1, 0.15) is 5.75 Å². The number of benzene rings is 1. The van der Waals surface area contributed by atoms with Crippen molar-refractivity contribution in [3.63, 3.8) is 0 Å². The SMILES string of the molecule is CCCNCc1ccc(OCCc2ccnn2C)cc1. The van der Waals surface area contributed by atoms with Gasteiger partial charge < -0.3 is 10.1 Å². The highest BCUT2D eigenvalue weighted by atomic mass is 16.5. The van der Waals surface area contributed by atoms with Crippen molar-refractivity contribution < 1.29 is 4.74 Å². The van der Waals surface area contributed by atoms with Crippen LogP contribution in [0.15, 0.2) is 36.5 Å². The molecule has 0 aliphatic rings. The fraction of sp³-hybridized carbons (Fsp3) is 0.438. The van der Waals surface area contributed by atoms with Crippen LogP contribution in [0.3, 0.4) is 0 Å². The van der Waals surface area contributed by atoms with Crippen LogP contribution >= 0.6 is 0 Å². The lowest BCUT2D eigenvalue weighted by molar-refractivity contribution is 0.318. The first-order valence-corrected chi connectivity index (χ1v) is 7.19. The average molecular weight is 273 g/mol.